The fourth-order valence-corrected chi connectivity index (χ4v) is 3.00. The minimum Gasteiger partial charge on any atom is -0.342 e. The maximum absolute atomic E-state index is 11.9. The van der Waals surface area contributed by atoms with Crippen LogP contribution >= 0.6 is 0 Å². The SMILES string of the molecule is CCCNC(CC)CCCN1CC(CCC)CC1=O. The largest absolute Gasteiger partial charge is 0.342 e. The number of likely N-dealkylation sites (tertiary alicyclic amines) is 1. The molecule has 3 nitrogen and oxygen atoms in total. The first kappa shape index (κ1) is 16.5. The minimum absolute atomic E-state index is 0.382. The molecule has 1 fully saturated rings. The summed E-state index contributed by atoms with van der Waals surface area (Å²) >= 11 is 0. The molecular weight excluding hydrogens is 236 g/mol. The number of hydrogen-bond donors (Lipinski definition) is 1. The van der Waals surface area contributed by atoms with Crippen LogP contribution in [-0.4, -0.2) is 36.5 Å². The van der Waals surface area contributed by atoms with Gasteiger partial charge in [-0.3, -0.25) is 4.79 Å². The molecule has 0 saturated carbocycles. The lowest BCUT2D eigenvalue weighted by atomic mass is 10.0. The number of amides is 1. The number of hydrogen-bond acceptors (Lipinski definition) is 2. The Morgan fingerprint density at radius 3 is 2.74 bits per heavy atom. The molecular formula is C16H32N2O. The first-order valence-corrected chi connectivity index (χ1v) is 8.22. The highest BCUT2D eigenvalue weighted by Gasteiger charge is 2.28. The first-order valence-electron chi connectivity index (χ1n) is 8.22. The van der Waals surface area contributed by atoms with Crippen LogP contribution in [-0.2, 0) is 4.79 Å². The number of carbonyl (C=O) groups is 1. The number of rotatable bonds is 10. The molecule has 0 aromatic heterocycles. The molecule has 0 aromatic carbocycles. The molecule has 19 heavy (non-hydrogen) atoms. The summed E-state index contributed by atoms with van der Waals surface area (Å²) in [6.07, 6.45) is 7.91. The number of carbonyl (C=O) groups excluding carboxylic acids is 1. The van der Waals surface area contributed by atoms with Crippen molar-refractivity contribution in [1.29, 1.82) is 0 Å². The van der Waals surface area contributed by atoms with Gasteiger partial charge in [0.05, 0.1) is 0 Å². The van der Waals surface area contributed by atoms with Gasteiger partial charge in [-0.2, -0.15) is 0 Å². The molecule has 2 unspecified atom stereocenters. The van der Waals surface area contributed by atoms with E-state index in [-0.39, 0.29) is 0 Å². The molecule has 1 saturated heterocycles. The maximum Gasteiger partial charge on any atom is 0.222 e. The zero-order valence-electron chi connectivity index (χ0n) is 13.1. The molecule has 1 heterocycles. The smallest absolute Gasteiger partial charge is 0.222 e. The summed E-state index contributed by atoms with van der Waals surface area (Å²) in [7, 11) is 0. The van der Waals surface area contributed by atoms with Crippen molar-refractivity contribution in [2.45, 2.75) is 71.8 Å². The second-order valence-electron chi connectivity index (χ2n) is 5.90. The van der Waals surface area contributed by atoms with Gasteiger partial charge in [0.2, 0.25) is 5.91 Å². The average Bonchev–Trinajstić information content (AvgIpc) is 2.74. The Labute approximate surface area is 119 Å². The molecule has 2 atom stereocenters. The molecule has 0 aliphatic carbocycles. The Morgan fingerprint density at radius 1 is 1.32 bits per heavy atom. The van der Waals surface area contributed by atoms with Crippen molar-refractivity contribution >= 4 is 5.91 Å². The van der Waals surface area contributed by atoms with Gasteiger partial charge in [0.15, 0.2) is 0 Å². The van der Waals surface area contributed by atoms with Crippen LogP contribution in [0.5, 0.6) is 0 Å². The molecule has 3 heteroatoms. The lowest BCUT2D eigenvalue weighted by Crippen LogP contribution is -2.31. The van der Waals surface area contributed by atoms with Gasteiger partial charge in [-0.25, -0.2) is 0 Å². The van der Waals surface area contributed by atoms with Gasteiger partial charge in [-0.1, -0.05) is 27.2 Å². The van der Waals surface area contributed by atoms with Crippen molar-refractivity contribution in [3.8, 4) is 0 Å². The van der Waals surface area contributed by atoms with Crippen molar-refractivity contribution in [2.75, 3.05) is 19.6 Å². The van der Waals surface area contributed by atoms with Crippen LogP contribution in [0.25, 0.3) is 0 Å². The first-order chi connectivity index (χ1) is 9.21. The Kier molecular flexibility index (Phi) is 8.11. The Morgan fingerprint density at radius 2 is 2.11 bits per heavy atom. The summed E-state index contributed by atoms with van der Waals surface area (Å²) < 4.78 is 0. The maximum atomic E-state index is 11.9. The van der Waals surface area contributed by atoms with Gasteiger partial charge in [-0.05, 0) is 44.6 Å². The van der Waals surface area contributed by atoms with Crippen molar-refractivity contribution in [3.63, 3.8) is 0 Å². The van der Waals surface area contributed by atoms with Crippen molar-refractivity contribution < 1.29 is 4.79 Å². The summed E-state index contributed by atoms with van der Waals surface area (Å²) in [5.74, 6) is 1.01. The summed E-state index contributed by atoms with van der Waals surface area (Å²) in [6, 6.07) is 0.629. The van der Waals surface area contributed by atoms with Crippen molar-refractivity contribution in [2.24, 2.45) is 5.92 Å². The summed E-state index contributed by atoms with van der Waals surface area (Å²) in [6.45, 7) is 9.73. The standard InChI is InChI=1S/C16H32N2O/c1-4-8-14-12-16(19)18(13-14)11-7-9-15(6-3)17-10-5-2/h14-15,17H,4-13H2,1-3H3. The lowest BCUT2D eigenvalue weighted by Gasteiger charge is -2.20. The predicted octanol–water partition coefficient (Wildman–Crippen LogP) is 3.19. The third-order valence-corrected chi connectivity index (χ3v) is 4.15. The molecule has 1 aliphatic heterocycles. The van der Waals surface area contributed by atoms with E-state index in [0.29, 0.717) is 17.9 Å². The molecule has 1 aliphatic rings. The van der Waals surface area contributed by atoms with Gasteiger partial charge < -0.3 is 10.2 Å². The van der Waals surface area contributed by atoms with E-state index in [1.807, 2.05) is 0 Å². The fourth-order valence-electron chi connectivity index (χ4n) is 3.00. The fraction of sp³-hybridized carbons (Fsp3) is 0.938. The van der Waals surface area contributed by atoms with Crippen molar-refractivity contribution in [1.82, 2.24) is 10.2 Å². The lowest BCUT2D eigenvalue weighted by molar-refractivity contribution is -0.127. The van der Waals surface area contributed by atoms with Crippen LogP contribution in [0.4, 0.5) is 0 Å². The van der Waals surface area contributed by atoms with Gasteiger partial charge >= 0.3 is 0 Å². The Hall–Kier alpha value is -0.570. The minimum atomic E-state index is 0.382. The van der Waals surface area contributed by atoms with Gasteiger partial charge in [0.1, 0.15) is 0 Å². The van der Waals surface area contributed by atoms with Crippen LogP contribution in [0.15, 0.2) is 0 Å². The van der Waals surface area contributed by atoms with E-state index in [2.05, 4.69) is 31.0 Å². The molecule has 1 amide bonds. The summed E-state index contributed by atoms with van der Waals surface area (Å²) in [5, 5.41) is 3.58. The van der Waals surface area contributed by atoms with E-state index in [1.165, 1.54) is 32.1 Å². The molecule has 1 rings (SSSR count). The monoisotopic (exact) mass is 268 g/mol. The average molecular weight is 268 g/mol. The highest BCUT2D eigenvalue weighted by Crippen LogP contribution is 2.22. The van der Waals surface area contributed by atoms with E-state index in [4.69, 9.17) is 0 Å². The molecule has 0 aromatic rings. The zero-order chi connectivity index (χ0) is 14.1. The topological polar surface area (TPSA) is 32.3 Å². The van der Waals surface area contributed by atoms with Gasteiger partial charge in [-0.15, -0.1) is 0 Å². The van der Waals surface area contributed by atoms with Crippen LogP contribution in [0.2, 0.25) is 0 Å². The van der Waals surface area contributed by atoms with E-state index in [0.717, 1.165) is 32.5 Å². The molecule has 112 valence electrons. The van der Waals surface area contributed by atoms with Gasteiger partial charge in [0, 0.05) is 25.6 Å². The second-order valence-corrected chi connectivity index (χ2v) is 5.90. The third-order valence-electron chi connectivity index (χ3n) is 4.15. The van der Waals surface area contributed by atoms with Crippen LogP contribution in [0.3, 0.4) is 0 Å². The molecule has 1 N–H and O–H groups in total. The van der Waals surface area contributed by atoms with Crippen LogP contribution in [0, 0.1) is 5.92 Å². The highest BCUT2D eigenvalue weighted by molar-refractivity contribution is 5.78. The normalized spacial score (nSPS) is 21.1. The zero-order valence-corrected chi connectivity index (χ0v) is 13.1. The van der Waals surface area contributed by atoms with E-state index >= 15 is 0 Å². The summed E-state index contributed by atoms with van der Waals surface area (Å²) in [4.78, 5) is 14.0. The van der Waals surface area contributed by atoms with Gasteiger partial charge in [0.25, 0.3) is 0 Å². The number of nitrogens with one attached hydrogen (secondary N) is 1. The van der Waals surface area contributed by atoms with Crippen LogP contribution < -0.4 is 5.32 Å². The third kappa shape index (κ3) is 5.94. The molecule has 0 bridgehead atoms. The molecule has 0 radical (unpaired) electrons. The Balaban J connectivity index is 2.19. The predicted molar refractivity (Wildman–Crippen MR) is 81.2 cm³/mol. The second kappa shape index (κ2) is 9.35. The Bertz CT molecular complexity index is 255. The molecule has 0 spiro atoms. The quantitative estimate of drug-likeness (QED) is 0.660. The van der Waals surface area contributed by atoms with Crippen LogP contribution in [0.1, 0.15) is 65.7 Å². The van der Waals surface area contributed by atoms with E-state index in [9.17, 15) is 4.79 Å². The van der Waals surface area contributed by atoms with E-state index < -0.39 is 0 Å². The highest BCUT2D eigenvalue weighted by atomic mass is 16.2. The van der Waals surface area contributed by atoms with E-state index in [1.54, 1.807) is 0 Å². The van der Waals surface area contributed by atoms with Crippen molar-refractivity contribution in [3.05, 3.63) is 0 Å². The summed E-state index contributed by atoms with van der Waals surface area (Å²) in [5.41, 5.74) is 0. The number of nitrogens with zero attached hydrogens (tertiary/aromatic N) is 1.